The van der Waals surface area contributed by atoms with Crippen molar-refractivity contribution in [3.63, 3.8) is 0 Å². The lowest BCUT2D eigenvalue weighted by atomic mass is 10.2. The molecule has 0 saturated carbocycles. The molecule has 0 aromatic carbocycles. The normalized spacial score (nSPS) is 24.1. The van der Waals surface area contributed by atoms with Crippen molar-refractivity contribution in [1.29, 1.82) is 0 Å². The Balaban J connectivity index is 2.26. The molecule has 100 valence electrons. The highest BCUT2D eigenvalue weighted by Gasteiger charge is 2.30. The van der Waals surface area contributed by atoms with Gasteiger partial charge in [-0.3, -0.25) is 0 Å². The maximum atomic E-state index is 5.49. The van der Waals surface area contributed by atoms with E-state index in [0.29, 0.717) is 12.1 Å². The van der Waals surface area contributed by atoms with Crippen LogP contribution in [-0.2, 0) is 4.74 Å². The van der Waals surface area contributed by atoms with Crippen LogP contribution in [0.3, 0.4) is 0 Å². The SMILES string of the molecule is CCOCCCNC(=S)N1C(C)CCC1CC. The summed E-state index contributed by atoms with van der Waals surface area (Å²) in [6, 6.07) is 1.23. The van der Waals surface area contributed by atoms with Gasteiger partial charge in [0.25, 0.3) is 0 Å². The van der Waals surface area contributed by atoms with Crippen molar-refractivity contribution in [3.05, 3.63) is 0 Å². The zero-order valence-corrected chi connectivity index (χ0v) is 12.2. The Kier molecular flexibility index (Phi) is 6.82. The van der Waals surface area contributed by atoms with Crippen LogP contribution >= 0.6 is 12.2 Å². The molecule has 1 N–H and O–H groups in total. The molecule has 0 aliphatic carbocycles. The third-order valence-corrected chi connectivity index (χ3v) is 3.79. The van der Waals surface area contributed by atoms with Crippen LogP contribution in [0.4, 0.5) is 0 Å². The molecule has 0 aromatic heterocycles. The van der Waals surface area contributed by atoms with Gasteiger partial charge in [-0.25, -0.2) is 0 Å². The average molecular weight is 258 g/mol. The van der Waals surface area contributed by atoms with Crippen LogP contribution < -0.4 is 5.32 Å². The zero-order chi connectivity index (χ0) is 12.7. The van der Waals surface area contributed by atoms with Crippen molar-refractivity contribution in [2.75, 3.05) is 19.8 Å². The van der Waals surface area contributed by atoms with E-state index in [9.17, 15) is 0 Å². The summed E-state index contributed by atoms with van der Waals surface area (Å²) in [6.07, 6.45) is 4.75. The highest BCUT2D eigenvalue weighted by molar-refractivity contribution is 7.80. The van der Waals surface area contributed by atoms with Crippen LogP contribution in [0.1, 0.15) is 46.5 Å². The van der Waals surface area contributed by atoms with Gasteiger partial charge in [-0.1, -0.05) is 6.92 Å². The van der Waals surface area contributed by atoms with Crippen LogP contribution in [0.2, 0.25) is 0 Å². The fraction of sp³-hybridized carbons (Fsp3) is 0.923. The van der Waals surface area contributed by atoms with Crippen LogP contribution in [0.25, 0.3) is 0 Å². The topological polar surface area (TPSA) is 24.5 Å². The molecule has 1 rings (SSSR count). The maximum Gasteiger partial charge on any atom is 0.169 e. The summed E-state index contributed by atoms with van der Waals surface area (Å²) >= 11 is 5.49. The highest BCUT2D eigenvalue weighted by atomic mass is 32.1. The Morgan fingerprint density at radius 3 is 2.82 bits per heavy atom. The number of hydrogen-bond donors (Lipinski definition) is 1. The largest absolute Gasteiger partial charge is 0.382 e. The minimum absolute atomic E-state index is 0.590. The van der Waals surface area contributed by atoms with Gasteiger partial charge in [0.1, 0.15) is 0 Å². The van der Waals surface area contributed by atoms with E-state index in [1.165, 1.54) is 19.3 Å². The molecule has 1 saturated heterocycles. The first-order valence-corrected chi connectivity index (χ1v) is 7.25. The molecule has 1 fully saturated rings. The van der Waals surface area contributed by atoms with Crippen molar-refractivity contribution in [2.45, 2.75) is 58.5 Å². The third kappa shape index (κ3) is 4.43. The molecule has 4 heteroatoms. The second kappa shape index (κ2) is 7.88. The summed E-state index contributed by atoms with van der Waals surface area (Å²) in [5.74, 6) is 0. The van der Waals surface area contributed by atoms with Crippen LogP contribution in [-0.4, -0.2) is 41.9 Å². The van der Waals surface area contributed by atoms with Gasteiger partial charge >= 0.3 is 0 Å². The van der Waals surface area contributed by atoms with Crippen LogP contribution in [0.5, 0.6) is 0 Å². The minimum atomic E-state index is 0.590. The maximum absolute atomic E-state index is 5.49. The van der Waals surface area contributed by atoms with E-state index < -0.39 is 0 Å². The predicted molar refractivity (Wildman–Crippen MR) is 76.3 cm³/mol. The Hall–Kier alpha value is -0.350. The quantitative estimate of drug-likeness (QED) is 0.584. The summed E-state index contributed by atoms with van der Waals surface area (Å²) < 4.78 is 5.31. The van der Waals surface area contributed by atoms with Gasteiger partial charge in [0.05, 0.1) is 0 Å². The predicted octanol–water partition coefficient (Wildman–Crippen LogP) is 2.55. The second-order valence-electron chi connectivity index (χ2n) is 4.68. The van der Waals surface area contributed by atoms with Crippen molar-refractivity contribution in [1.82, 2.24) is 10.2 Å². The lowest BCUT2D eigenvalue weighted by Gasteiger charge is -2.30. The number of likely N-dealkylation sites (tertiary alicyclic amines) is 1. The third-order valence-electron chi connectivity index (χ3n) is 3.44. The average Bonchev–Trinajstić information content (AvgIpc) is 2.70. The molecule has 17 heavy (non-hydrogen) atoms. The Labute approximate surface area is 111 Å². The number of nitrogens with one attached hydrogen (secondary N) is 1. The summed E-state index contributed by atoms with van der Waals surface area (Å²) in [5, 5.41) is 4.28. The van der Waals surface area contributed by atoms with Gasteiger partial charge in [0.15, 0.2) is 5.11 Å². The number of hydrogen-bond acceptors (Lipinski definition) is 2. The van der Waals surface area contributed by atoms with E-state index in [4.69, 9.17) is 17.0 Å². The van der Waals surface area contributed by atoms with Crippen molar-refractivity contribution in [2.24, 2.45) is 0 Å². The molecule has 2 unspecified atom stereocenters. The first-order chi connectivity index (χ1) is 8.20. The van der Waals surface area contributed by atoms with Crippen molar-refractivity contribution < 1.29 is 4.74 Å². The molecule has 1 aliphatic rings. The number of rotatable bonds is 6. The lowest BCUT2D eigenvalue weighted by molar-refractivity contribution is 0.145. The van der Waals surface area contributed by atoms with Gasteiger partial charge in [-0.2, -0.15) is 0 Å². The van der Waals surface area contributed by atoms with E-state index in [1.54, 1.807) is 0 Å². The van der Waals surface area contributed by atoms with E-state index in [0.717, 1.165) is 31.3 Å². The Morgan fingerprint density at radius 1 is 1.41 bits per heavy atom. The molecule has 1 heterocycles. The molecular formula is C13H26N2OS. The Bertz CT molecular complexity index is 235. The van der Waals surface area contributed by atoms with Crippen LogP contribution in [0.15, 0.2) is 0 Å². The van der Waals surface area contributed by atoms with Crippen LogP contribution in [0, 0.1) is 0 Å². The first-order valence-electron chi connectivity index (χ1n) is 6.84. The molecule has 0 spiro atoms. The molecular weight excluding hydrogens is 232 g/mol. The van der Waals surface area contributed by atoms with Crippen molar-refractivity contribution >= 4 is 17.3 Å². The Morgan fingerprint density at radius 2 is 2.18 bits per heavy atom. The number of ether oxygens (including phenoxy) is 1. The van der Waals surface area contributed by atoms with E-state index >= 15 is 0 Å². The minimum Gasteiger partial charge on any atom is -0.382 e. The molecule has 3 nitrogen and oxygen atoms in total. The monoisotopic (exact) mass is 258 g/mol. The summed E-state index contributed by atoms with van der Waals surface area (Å²) in [7, 11) is 0. The molecule has 1 aliphatic heterocycles. The molecule has 0 amide bonds. The van der Waals surface area contributed by atoms with Gasteiger partial charge < -0.3 is 15.0 Å². The summed E-state index contributed by atoms with van der Waals surface area (Å²) in [6.45, 7) is 9.07. The fourth-order valence-electron chi connectivity index (χ4n) is 2.44. The van der Waals surface area contributed by atoms with Crippen molar-refractivity contribution in [3.8, 4) is 0 Å². The molecule has 0 aromatic rings. The van der Waals surface area contributed by atoms with Gasteiger partial charge in [0, 0.05) is 31.8 Å². The van der Waals surface area contributed by atoms with Gasteiger partial charge in [-0.05, 0) is 51.7 Å². The lowest BCUT2D eigenvalue weighted by Crippen LogP contribution is -2.46. The van der Waals surface area contributed by atoms with E-state index in [-0.39, 0.29) is 0 Å². The molecule has 2 atom stereocenters. The van der Waals surface area contributed by atoms with E-state index in [2.05, 4.69) is 24.1 Å². The summed E-state index contributed by atoms with van der Waals surface area (Å²) in [4.78, 5) is 2.38. The summed E-state index contributed by atoms with van der Waals surface area (Å²) in [5.41, 5.74) is 0. The fourth-order valence-corrected chi connectivity index (χ4v) is 2.87. The number of thiocarbonyl (C=S) groups is 1. The first kappa shape index (κ1) is 14.7. The molecule has 0 radical (unpaired) electrons. The second-order valence-corrected chi connectivity index (χ2v) is 5.06. The smallest absolute Gasteiger partial charge is 0.169 e. The zero-order valence-electron chi connectivity index (χ0n) is 11.4. The van der Waals surface area contributed by atoms with Gasteiger partial charge in [-0.15, -0.1) is 0 Å². The van der Waals surface area contributed by atoms with Gasteiger partial charge in [0.2, 0.25) is 0 Å². The highest BCUT2D eigenvalue weighted by Crippen LogP contribution is 2.25. The van der Waals surface area contributed by atoms with E-state index in [1.807, 2.05) is 6.92 Å². The molecule has 0 bridgehead atoms. The standard InChI is InChI=1S/C13H26N2OS/c1-4-12-8-7-11(3)15(12)13(17)14-9-6-10-16-5-2/h11-12H,4-10H2,1-3H3,(H,14,17). The number of nitrogens with zero attached hydrogens (tertiary/aromatic N) is 1.